The van der Waals surface area contributed by atoms with E-state index in [4.69, 9.17) is 0 Å². The molecule has 0 spiro atoms. The van der Waals surface area contributed by atoms with Gasteiger partial charge in [0.2, 0.25) is 0 Å². The molecular weight excluding hydrogens is 464 g/mol. The van der Waals surface area contributed by atoms with Crippen molar-refractivity contribution in [3.8, 4) is 34.4 Å². The predicted octanol–water partition coefficient (Wildman–Crippen LogP) is 8.19. The molecule has 4 heteroatoms. The summed E-state index contributed by atoms with van der Waals surface area (Å²) in [5.74, 6) is 0. The maximum absolute atomic E-state index is 9.61. The molecule has 4 rings (SSSR count). The maximum Gasteiger partial charge on any atom is 0.176 e. The third kappa shape index (κ3) is 6.78. The van der Waals surface area contributed by atoms with Crippen molar-refractivity contribution >= 4 is 0 Å². The van der Waals surface area contributed by atoms with E-state index in [9.17, 15) is 10.5 Å². The molecule has 0 N–H and O–H groups in total. The molecule has 3 aromatic carbocycles. The Balaban J connectivity index is 1.74. The fourth-order valence-corrected chi connectivity index (χ4v) is 4.87. The lowest BCUT2D eigenvalue weighted by atomic mass is 9.87. The Labute approximate surface area is 227 Å². The van der Waals surface area contributed by atoms with Crippen molar-refractivity contribution in [2.45, 2.75) is 60.9 Å². The molecule has 0 saturated carbocycles. The largest absolute Gasteiger partial charge is 0.317 e. The lowest BCUT2D eigenvalue weighted by Gasteiger charge is -2.19. The average Bonchev–Trinajstić information content (AvgIpc) is 3.24. The van der Waals surface area contributed by atoms with E-state index < -0.39 is 0 Å². The van der Waals surface area contributed by atoms with E-state index >= 15 is 0 Å². The van der Waals surface area contributed by atoms with Gasteiger partial charge in [-0.3, -0.25) is 0 Å². The lowest BCUT2D eigenvalue weighted by Crippen LogP contribution is -2.08. The van der Waals surface area contributed by atoms with Crippen LogP contribution in [0.2, 0.25) is 0 Å². The number of aromatic nitrogens is 2. The summed E-state index contributed by atoms with van der Waals surface area (Å²) in [7, 11) is 0. The monoisotopic (exact) mass is 500 g/mol. The van der Waals surface area contributed by atoms with E-state index in [0.717, 1.165) is 40.7 Å². The summed E-state index contributed by atoms with van der Waals surface area (Å²) in [5.41, 5.74) is 9.17. The fraction of sp³-hybridized carbons (Fsp3) is 0.324. The van der Waals surface area contributed by atoms with Crippen LogP contribution in [0.1, 0.15) is 69.6 Å². The summed E-state index contributed by atoms with van der Waals surface area (Å²) >= 11 is 0. The molecule has 4 nitrogen and oxygen atoms in total. The van der Waals surface area contributed by atoms with Gasteiger partial charge in [0.25, 0.3) is 0 Å². The maximum atomic E-state index is 9.61. The molecule has 0 fully saturated rings. The lowest BCUT2D eigenvalue weighted by molar-refractivity contribution is 0.411. The second-order valence-electron chi connectivity index (χ2n) is 12.6. The smallest absolute Gasteiger partial charge is 0.176 e. The average molecular weight is 501 g/mol. The van der Waals surface area contributed by atoms with E-state index in [-0.39, 0.29) is 22.2 Å². The summed E-state index contributed by atoms with van der Waals surface area (Å²) in [5, 5.41) is 18.9. The Morgan fingerprint density at radius 3 is 1.50 bits per heavy atom. The Morgan fingerprint density at radius 2 is 1.11 bits per heavy atom. The summed E-state index contributed by atoms with van der Waals surface area (Å²) in [6.45, 7) is 14.0. The molecule has 0 aliphatic rings. The van der Waals surface area contributed by atoms with Gasteiger partial charge in [-0.25, -0.2) is 4.98 Å². The molecule has 0 unspecified atom stereocenters. The highest BCUT2D eigenvalue weighted by Crippen LogP contribution is 2.31. The highest BCUT2D eigenvalue weighted by atomic mass is 15.1. The quantitative estimate of drug-likeness (QED) is 0.268. The molecule has 0 aliphatic carbocycles. The van der Waals surface area contributed by atoms with Gasteiger partial charge >= 0.3 is 0 Å². The molecule has 4 aromatic rings. The summed E-state index contributed by atoms with van der Waals surface area (Å²) < 4.78 is 1.75. The van der Waals surface area contributed by atoms with Crippen molar-refractivity contribution in [1.82, 2.24) is 9.55 Å². The van der Waals surface area contributed by atoms with E-state index in [1.807, 2.05) is 6.07 Å². The van der Waals surface area contributed by atoms with Crippen LogP contribution >= 0.6 is 0 Å². The van der Waals surface area contributed by atoms with Gasteiger partial charge in [0, 0.05) is 6.54 Å². The van der Waals surface area contributed by atoms with Gasteiger partial charge in [0.15, 0.2) is 11.4 Å². The zero-order valence-corrected chi connectivity index (χ0v) is 23.3. The van der Waals surface area contributed by atoms with Gasteiger partial charge in [-0.2, -0.15) is 10.5 Å². The van der Waals surface area contributed by atoms with Gasteiger partial charge in [-0.15, -0.1) is 0 Å². The van der Waals surface area contributed by atoms with Crippen LogP contribution in [-0.2, 0) is 19.4 Å². The highest BCUT2D eigenvalue weighted by molar-refractivity contribution is 5.74. The Bertz CT molecular complexity index is 1420. The molecule has 38 heavy (non-hydrogen) atoms. The second kappa shape index (κ2) is 10.7. The first-order valence-electron chi connectivity index (χ1n) is 13.1. The summed E-state index contributed by atoms with van der Waals surface area (Å²) in [6, 6.07) is 28.4. The van der Waals surface area contributed by atoms with Gasteiger partial charge < -0.3 is 4.57 Å². The van der Waals surface area contributed by atoms with Crippen molar-refractivity contribution in [2.75, 3.05) is 0 Å². The Morgan fingerprint density at radius 1 is 0.632 bits per heavy atom. The van der Waals surface area contributed by atoms with Crippen molar-refractivity contribution in [2.24, 2.45) is 10.8 Å². The minimum atomic E-state index is 0.160. The Kier molecular flexibility index (Phi) is 7.56. The van der Waals surface area contributed by atoms with Crippen LogP contribution < -0.4 is 0 Å². The minimum Gasteiger partial charge on any atom is -0.317 e. The van der Waals surface area contributed by atoms with Crippen molar-refractivity contribution < 1.29 is 0 Å². The van der Waals surface area contributed by atoms with Crippen molar-refractivity contribution in [3.05, 3.63) is 101 Å². The van der Waals surface area contributed by atoms with Crippen LogP contribution in [0.5, 0.6) is 0 Å². The van der Waals surface area contributed by atoms with Crippen LogP contribution in [0.3, 0.4) is 0 Å². The molecule has 0 atom stereocenters. The standard InChI is InChI=1S/C34H36N4/c1-33(2,3)18-24-7-11-27(12-8-24)29-15-26(22-38-23-37-31(20-35)32(38)21-36)16-30(17-29)28-13-9-25(10-14-28)19-34(4,5)6/h7-17,23H,18-19,22H2,1-6H3. The molecule has 0 bridgehead atoms. The second-order valence-corrected chi connectivity index (χ2v) is 12.6. The molecule has 192 valence electrons. The molecule has 0 amide bonds. The third-order valence-corrected chi connectivity index (χ3v) is 6.44. The van der Waals surface area contributed by atoms with E-state index in [1.54, 1.807) is 10.9 Å². The summed E-state index contributed by atoms with van der Waals surface area (Å²) in [4.78, 5) is 4.12. The number of nitriles is 2. The van der Waals surface area contributed by atoms with E-state index in [2.05, 4.69) is 119 Å². The highest BCUT2D eigenvalue weighted by Gasteiger charge is 2.15. The van der Waals surface area contributed by atoms with Gasteiger partial charge in [-0.05, 0) is 80.8 Å². The van der Waals surface area contributed by atoms with Gasteiger partial charge in [0.05, 0.1) is 6.33 Å². The van der Waals surface area contributed by atoms with Crippen LogP contribution in [0, 0.1) is 33.5 Å². The topological polar surface area (TPSA) is 65.4 Å². The predicted molar refractivity (Wildman–Crippen MR) is 154 cm³/mol. The molecule has 1 aromatic heterocycles. The minimum absolute atomic E-state index is 0.160. The number of hydrogen-bond acceptors (Lipinski definition) is 3. The van der Waals surface area contributed by atoms with Gasteiger partial charge in [-0.1, -0.05) is 90.1 Å². The first-order chi connectivity index (χ1) is 17.9. The summed E-state index contributed by atoms with van der Waals surface area (Å²) in [6.07, 6.45) is 3.63. The Hall–Kier alpha value is -4.15. The molecule has 0 radical (unpaired) electrons. The van der Waals surface area contributed by atoms with Crippen LogP contribution in [0.25, 0.3) is 22.3 Å². The fourth-order valence-electron chi connectivity index (χ4n) is 4.87. The van der Waals surface area contributed by atoms with Gasteiger partial charge in [0.1, 0.15) is 12.1 Å². The first-order valence-corrected chi connectivity index (χ1v) is 13.1. The normalized spacial score (nSPS) is 11.7. The number of hydrogen-bond donors (Lipinski definition) is 0. The molecular formula is C34H36N4. The molecule has 1 heterocycles. The zero-order chi connectivity index (χ0) is 27.5. The SMILES string of the molecule is CC(C)(C)Cc1ccc(-c2cc(Cn3cnc(C#N)c3C#N)cc(-c3ccc(CC(C)(C)C)cc3)c2)cc1. The van der Waals surface area contributed by atoms with Crippen LogP contribution in [0.15, 0.2) is 73.1 Å². The van der Waals surface area contributed by atoms with E-state index in [1.165, 1.54) is 11.1 Å². The zero-order valence-electron chi connectivity index (χ0n) is 23.3. The number of imidazole rings is 1. The third-order valence-electron chi connectivity index (χ3n) is 6.44. The first kappa shape index (κ1) is 26.9. The molecule has 0 aliphatic heterocycles. The van der Waals surface area contributed by atoms with E-state index in [0.29, 0.717) is 6.54 Å². The number of nitrogens with zero attached hydrogens (tertiary/aromatic N) is 4. The van der Waals surface area contributed by atoms with Crippen molar-refractivity contribution in [1.29, 1.82) is 10.5 Å². The van der Waals surface area contributed by atoms with Crippen LogP contribution in [0.4, 0.5) is 0 Å². The van der Waals surface area contributed by atoms with Crippen molar-refractivity contribution in [3.63, 3.8) is 0 Å². The number of rotatable bonds is 6. The van der Waals surface area contributed by atoms with Crippen LogP contribution in [-0.4, -0.2) is 9.55 Å². The number of benzene rings is 3. The molecule has 0 saturated heterocycles.